The van der Waals surface area contributed by atoms with Gasteiger partial charge in [-0.05, 0) is 13.3 Å². The quantitative estimate of drug-likeness (QED) is 0.564. The summed E-state index contributed by atoms with van der Waals surface area (Å²) in [5.41, 5.74) is -3.42. The van der Waals surface area contributed by atoms with E-state index in [1.54, 1.807) is 6.92 Å². The Balaban J connectivity index is 2.92. The first-order valence-electron chi connectivity index (χ1n) is 6.78. The Morgan fingerprint density at radius 1 is 1.18 bits per heavy atom. The summed E-state index contributed by atoms with van der Waals surface area (Å²) in [5.74, 6) is -1.95. The van der Waals surface area contributed by atoms with Crippen molar-refractivity contribution in [2.45, 2.75) is 51.4 Å². The zero-order valence-corrected chi connectivity index (χ0v) is 14.1. The number of esters is 2. The van der Waals surface area contributed by atoms with E-state index in [1.165, 1.54) is 0 Å². The van der Waals surface area contributed by atoms with Gasteiger partial charge in [-0.3, -0.25) is 9.59 Å². The topological polar surface area (TPSA) is 78.9 Å². The number of carbonyl (C=O) groups excluding carboxylic acids is 2. The molecule has 0 bridgehead atoms. The maximum absolute atomic E-state index is 14.0. The lowest BCUT2D eigenvalue weighted by Crippen LogP contribution is -2.34. The SMILES string of the molecule is CC(=O)OC1O[C@H](CC(F)(F)P(C)(C)=O)[C@@H](C)[C@H]1OC(C)=O. The summed E-state index contributed by atoms with van der Waals surface area (Å²) < 4.78 is 54.8. The van der Waals surface area contributed by atoms with Gasteiger partial charge >= 0.3 is 11.9 Å². The second kappa shape index (κ2) is 6.62. The molecule has 1 rings (SSSR count). The molecule has 1 saturated heterocycles. The fraction of sp³-hybridized carbons (Fsp3) is 0.846. The Morgan fingerprint density at radius 2 is 1.68 bits per heavy atom. The van der Waals surface area contributed by atoms with Gasteiger partial charge in [0.2, 0.25) is 6.29 Å². The molecule has 0 aromatic rings. The Hall–Kier alpha value is -1.01. The Kier molecular flexibility index (Phi) is 5.73. The van der Waals surface area contributed by atoms with Crippen LogP contribution in [0, 0.1) is 5.92 Å². The third-order valence-corrected chi connectivity index (χ3v) is 5.26. The summed E-state index contributed by atoms with van der Waals surface area (Å²) in [6.45, 7) is 5.84. The number of alkyl halides is 2. The van der Waals surface area contributed by atoms with Crippen LogP contribution in [0.4, 0.5) is 8.78 Å². The van der Waals surface area contributed by atoms with Gasteiger partial charge in [-0.2, -0.15) is 8.78 Å². The molecule has 0 spiro atoms. The summed E-state index contributed by atoms with van der Waals surface area (Å²) in [5, 5.41) is 0. The van der Waals surface area contributed by atoms with Gasteiger partial charge in [0.1, 0.15) is 7.14 Å². The molecule has 0 aliphatic carbocycles. The van der Waals surface area contributed by atoms with E-state index in [0.29, 0.717) is 0 Å². The molecular weight excluding hydrogens is 321 g/mol. The van der Waals surface area contributed by atoms with Crippen LogP contribution in [0.15, 0.2) is 0 Å². The van der Waals surface area contributed by atoms with Crippen LogP contribution < -0.4 is 0 Å². The first-order chi connectivity index (χ1) is 9.85. The van der Waals surface area contributed by atoms with Crippen molar-refractivity contribution < 1.29 is 37.1 Å². The molecule has 0 radical (unpaired) electrons. The van der Waals surface area contributed by atoms with Crippen LogP contribution in [0.1, 0.15) is 27.2 Å². The fourth-order valence-corrected chi connectivity index (χ4v) is 2.76. The lowest BCUT2D eigenvalue weighted by atomic mass is 9.98. The molecular formula is C13H21F2O6P. The summed E-state index contributed by atoms with van der Waals surface area (Å²) in [4.78, 5) is 22.2. The maximum Gasteiger partial charge on any atom is 0.305 e. The standard InChI is InChI=1S/C13H21F2O6P/c1-7-10(6-13(14,15)22(4,5)18)21-12(20-9(3)17)11(7)19-8(2)16/h7,10-12H,6H2,1-5H3/t7-,10-,11-,12?/m1/s1. The maximum atomic E-state index is 14.0. The van der Waals surface area contributed by atoms with Crippen LogP contribution in [0.3, 0.4) is 0 Å². The number of hydrogen-bond acceptors (Lipinski definition) is 6. The van der Waals surface area contributed by atoms with Gasteiger partial charge in [0, 0.05) is 26.2 Å². The molecule has 1 aliphatic heterocycles. The van der Waals surface area contributed by atoms with Crippen LogP contribution >= 0.6 is 7.14 Å². The van der Waals surface area contributed by atoms with Crippen LogP contribution in [0.25, 0.3) is 0 Å². The number of rotatable bonds is 5. The predicted octanol–water partition coefficient (Wildman–Crippen LogP) is 2.45. The molecule has 9 heteroatoms. The summed E-state index contributed by atoms with van der Waals surface area (Å²) in [7, 11) is -3.67. The molecule has 4 atom stereocenters. The van der Waals surface area contributed by atoms with E-state index >= 15 is 0 Å². The zero-order valence-electron chi connectivity index (χ0n) is 13.2. The summed E-state index contributed by atoms with van der Waals surface area (Å²) in [6, 6.07) is 0. The normalized spacial score (nSPS) is 29.2. The fourth-order valence-electron chi connectivity index (χ4n) is 2.14. The third-order valence-electron chi connectivity index (χ3n) is 3.50. The first kappa shape index (κ1) is 19.0. The van der Waals surface area contributed by atoms with Crippen molar-refractivity contribution in [3.8, 4) is 0 Å². The van der Waals surface area contributed by atoms with Gasteiger partial charge in [0.05, 0.1) is 6.10 Å². The van der Waals surface area contributed by atoms with E-state index < -0.39 is 55.6 Å². The molecule has 1 fully saturated rings. The molecule has 1 aliphatic rings. The van der Waals surface area contributed by atoms with Crippen molar-refractivity contribution in [2.75, 3.05) is 13.3 Å². The zero-order chi connectivity index (χ0) is 17.3. The highest BCUT2D eigenvalue weighted by molar-refractivity contribution is 7.63. The van der Waals surface area contributed by atoms with Gasteiger partial charge < -0.3 is 18.8 Å². The smallest absolute Gasteiger partial charge is 0.305 e. The minimum absolute atomic E-state index is 0.634. The van der Waals surface area contributed by atoms with Gasteiger partial charge in [0.15, 0.2) is 6.10 Å². The van der Waals surface area contributed by atoms with E-state index in [2.05, 4.69) is 0 Å². The molecule has 6 nitrogen and oxygen atoms in total. The summed E-state index contributed by atoms with van der Waals surface area (Å²) in [6.07, 6.45) is -4.06. The van der Waals surface area contributed by atoms with E-state index in [9.17, 15) is 22.9 Å². The van der Waals surface area contributed by atoms with E-state index in [0.717, 1.165) is 27.2 Å². The van der Waals surface area contributed by atoms with Crippen LogP contribution in [0.2, 0.25) is 0 Å². The summed E-state index contributed by atoms with van der Waals surface area (Å²) >= 11 is 0. The van der Waals surface area contributed by atoms with Crippen molar-refractivity contribution in [1.29, 1.82) is 0 Å². The highest BCUT2D eigenvalue weighted by Gasteiger charge is 2.52. The highest BCUT2D eigenvalue weighted by atomic mass is 31.2. The van der Waals surface area contributed by atoms with Crippen LogP contribution in [-0.4, -0.2) is 49.4 Å². The van der Waals surface area contributed by atoms with Crippen molar-refractivity contribution in [2.24, 2.45) is 5.92 Å². The molecule has 1 heterocycles. The minimum Gasteiger partial charge on any atom is -0.455 e. The van der Waals surface area contributed by atoms with E-state index in [1.807, 2.05) is 0 Å². The second-order valence-corrected chi connectivity index (χ2v) is 9.16. The number of halogens is 2. The largest absolute Gasteiger partial charge is 0.455 e. The lowest BCUT2D eigenvalue weighted by Gasteiger charge is -2.25. The first-order valence-corrected chi connectivity index (χ1v) is 9.38. The molecule has 0 aromatic carbocycles. The number of ether oxygens (including phenoxy) is 3. The Bertz CT molecular complexity index is 489. The Morgan fingerprint density at radius 3 is 2.09 bits per heavy atom. The predicted molar refractivity (Wildman–Crippen MR) is 74.2 cm³/mol. The van der Waals surface area contributed by atoms with Gasteiger partial charge in [-0.15, -0.1) is 0 Å². The monoisotopic (exact) mass is 342 g/mol. The molecule has 1 unspecified atom stereocenters. The van der Waals surface area contributed by atoms with Crippen molar-refractivity contribution >= 4 is 19.1 Å². The number of carbonyl (C=O) groups is 2. The second-order valence-electron chi connectivity index (χ2n) is 5.81. The average Bonchev–Trinajstić information content (AvgIpc) is 2.54. The van der Waals surface area contributed by atoms with Crippen LogP contribution in [0.5, 0.6) is 0 Å². The third kappa shape index (κ3) is 4.49. The molecule has 0 aromatic heterocycles. The van der Waals surface area contributed by atoms with Gasteiger partial charge in [0.25, 0.3) is 5.66 Å². The highest BCUT2D eigenvalue weighted by Crippen LogP contribution is 2.57. The van der Waals surface area contributed by atoms with E-state index in [-0.39, 0.29) is 0 Å². The van der Waals surface area contributed by atoms with Crippen LogP contribution in [-0.2, 0) is 28.4 Å². The van der Waals surface area contributed by atoms with Crippen molar-refractivity contribution in [3.63, 3.8) is 0 Å². The van der Waals surface area contributed by atoms with Gasteiger partial charge in [-0.1, -0.05) is 6.92 Å². The Labute approximate surface area is 127 Å². The number of hydrogen-bond donors (Lipinski definition) is 0. The molecule has 0 amide bonds. The van der Waals surface area contributed by atoms with Crippen molar-refractivity contribution in [3.05, 3.63) is 0 Å². The lowest BCUT2D eigenvalue weighted by molar-refractivity contribution is -0.196. The minimum atomic E-state index is -3.67. The molecule has 0 saturated carbocycles. The average molecular weight is 342 g/mol. The molecule has 128 valence electrons. The van der Waals surface area contributed by atoms with Crippen molar-refractivity contribution in [1.82, 2.24) is 0 Å². The van der Waals surface area contributed by atoms with E-state index in [4.69, 9.17) is 14.2 Å². The molecule has 0 N–H and O–H groups in total. The molecule has 22 heavy (non-hydrogen) atoms. The van der Waals surface area contributed by atoms with Gasteiger partial charge in [-0.25, -0.2) is 0 Å².